The van der Waals surface area contributed by atoms with Crippen LogP contribution in [0.3, 0.4) is 0 Å². The lowest BCUT2D eigenvalue weighted by atomic mass is 9.92. The van der Waals surface area contributed by atoms with Gasteiger partial charge in [-0.3, -0.25) is 9.69 Å². The molecule has 0 unspecified atom stereocenters. The van der Waals surface area contributed by atoms with E-state index < -0.39 is 0 Å². The second kappa shape index (κ2) is 13.0. The molecule has 218 valence electrons. The van der Waals surface area contributed by atoms with Crippen molar-refractivity contribution in [1.82, 2.24) is 24.7 Å². The summed E-state index contributed by atoms with van der Waals surface area (Å²) < 4.78 is 2.10. The maximum Gasteiger partial charge on any atom is 0.241 e. The number of aryl methyl sites for hydroxylation is 4. The van der Waals surface area contributed by atoms with Crippen LogP contribution in [0.15, 0.2) is 79.3 Å². The fourth-order valence-corrected chi connectivity index (χ4v) is 6.84. The molecule has 1 aliphatic carbocycles. The number of halogens is 2. The molecule has 42 heavy (non-hydrogen) atoms. The number of imidazole rings is 1. The highest BCUT2D eigenvalue weighted by atomic mass is 35.5. The zero-order chi connectivity index (χ0) is 29.1. The van der Waals surface area contributed by atoms with Crippen LogP contribution in [0.25, 0.3) is 0 Å². The van der Waals surface area contributed by atoms with Crippen molar-refractivity contribution < 1.29 is 4.79 Å². The third-order valence-electron chi connectivity index (χ3n) is 8.47. The molecule has 2 heterocycles. The Morgan fingerprint density at radius 3 is 2.33 bits per heavy atom. The second-order valence-electron chi connectivity index (χ2n) is 11.4. The number of fused-ring (bicyclic) bond motifs is 2. The van der Waals surface area contributed by atoms with Crippen LogP contribution >= 0.6 is 23.2 Å². The molecule has 1 aliphatic heterocycles. The fraction of sp³-hybridized carbons (Fsp3) is 0.353. The molecule has 4 aromatic rings. The summed E-state index contributed by atoms with van der Waals surface area (Å²) in [6.07, 6.45) is 6.59. The molecule has 1 aromatic heterocycles. The topological polar surface area (TPSA) is 53.4 Å². The molecule has 0 radical (unpaired) electrons. The third-order valence-corrected chi connectivity index (χ3v) is 8.94. The normalized spacial score (nSPS) is 17.4. The van der Waals surface area contributed by atoms with Crippen molar-refractivity contribution in [3.05, 3.63) is 123 Å². The number of nitrogens with one attached hydrogen (secondary N) is 1. The largest absolute Gasteiger partial charge is 0.337 e. The SMILES string of the molecule is Cc1cn(CCCN(Cc2ccccc2)C(=O)[C@H]2CN(C3c4ccc(Cl)cc4CCc4cc(Cl)ccc43)CCN2)cn1. The van der Waals surface area contributed by atoms with E-state index in [1.54, 1.807) is 0 Å². The molecule has 1 N–H and O–H groups in total. The summed E-state index contributed by atoms with van der Waals surface area (Å²) in [5, 5.41) is 5.07. The molecular weight excluding hydrogens is 565 g/mol. The van der Waals surface area contributed by atoms with Crippen LogP contribution in [0.5, 0.6) is 0 Å². The van der Waals surface area contributed by atoms with Crippen molar-refractivity contribution >= 4 is 29.1 Å². The first-order chi connectivity index (χ1) is 20.4. The van der Waals surface area contributed by atoms with Gasteiger partial charge in [-0.2, -0.15) is 0 Å². The van der Waals surface area contributed by atoms with Crippen LogP contribution in [0, 0.1) is 6.92 Å². The van der Waals surface area contributed by atoms with Crippen molar-refractivity contribution in [3.8, 4) is 0 Å². The number of carbonyl (C=O) groups is 1. The number of aromatic nitrogens is 2. The van der Waals surface area contributed by atoms with E-state index >= 15 is 0 Å². The number of rotatable bonds is 8. The first-order valence-corrected chi connectivity index (χ1v) is 15.6. The highest BCUT2D eigenvalue weighted by Gasteiger charge is 2.35. The standard InChI is InChI=1S/C34H37Cl2N5O/c1-24-20-39(23-38-24)15-5-16-41(21-25-6-3-2-4-7-25)34(42)32-22-40(17-14-37-32)33-30-12-10-28(35)18-26(30)8-9-27-19-29(36)11-13-31(27)33/h2-4,6-7,10-13,18-20,23,32-33,37H,5,8-9,14-17,21-22H2,1H3/t32-/m1/s1. The minimum atomic E-state index is -0.298. The molecular formula is C34H37Cl2N5O. The van der Waals surface area contributed by atoms with Crippen LogP contribution in [0.2, 0.25) is 10.0 Å². The zero-order valence-electron chi connectivity index (χ0n) is 24.0. The van der Waals surface area contributed by atoms with Crippen molar-refractivity contribution in [1.29, 1.82) is 0 Å². The van der Waals surface area contributed by atoms with Gasteiger partial charge < -0.3 is 14.8 Å². The number of piperazine rings is 1. The van der Waals surface area contributed by atoms with Crippen molar-refractivity contribution in [2.75, 3.05) is 26.2 Å². The van der Waals surface area contributed by atoms with Gasteiger partial charge in [0.2, 0.25) is 5.91 Å². The van der Waals surface area contributed by atoms with E-state index in [-0.39, 0.29) is 18.0 Å². The number of hydrogen-bond donors (Lipinski definition) is 1. The predicted octanol–water partition coefficient (Wildman–Crippen LogP) is 6.08. The smallest absolute Gasteiger partial charge is 0.241 e. The highest BCUT2D eigenvalue weighted by molar-refractivity contribution is 6.31. The summed E-state index contributed by atoms with van der Waals surface area (Å²) in [6, 6.07) is 22.5. The van der Waals surface area contributed by atoms with E-state index in [2.05, 4.69) is 56.2 Å². The lowest BCUT2D eigenvalue weighted by molar-refractivity contribution is -0.135. The summed E-state index contributed by atoms with van der Waals surface area (Å²) in [5.41, 5.74) is 7.21. The predicted molar refractivity (Wildman–Crippen MR) is 169 cm³/mol. The van der Waals surface area contributed by atoms with Gasteiger partial charge >= 0.3 is 0 Å². The van der Waals surface area contributed by atoms with Crippen molar-refractivity contribution in [2.45, 2.75) is 51.4 Å². The van der Waals surface area contributed by atoms with E-state index in [1.165, 1.54) is 22.3 Å². The van der Waals surface area contributed by atoms with E-state index in [0.717, 1.165) is 60.2 Å². The first-order valence-electron chi connectivity index (χ1n) is 14.8. The van der Waals surface area contributed by atoms with Gasteiger partial charge in [-0.25, -0.2) is 4.98 Å². The summed E-state index contributed by atoms with van der Waals surface area (Å²) in [7, 11) is 0. The van der Waals surface area contributed by atoms with Crippen LogP contribution in [-0.4, -0.2) is 57.5 Å². The molecule has 0 saturated carbocycles. The van der Waals surface area contributed by atoms with Crippen LogP contribution in [0.4, 0.5) is 0 Å². The minimum absolute atomic E-state index is 0.0384. The van der Waals surface area contributed by atoms with E-state index in [4.69, 9.17) is 23.2 Å². The Hall–Kier alpha value is -3.16. The average Bonchev–Trinajstić information content (AvgIpc) is 3.35. The summed E-state index contributed by atoms with van der Waals surface area (Å²) in [5.74, 6) is 0.145. The van der Waals surface area contributed by atoms with Gasteiger partial charge in [0.15, 0.2) is 0 Å². The summed E-state index contributed by atoms with van der Waals surface area (Å²) in [4.78, 5) is 23.0. The van der Waals surface area contributed by atoms with Crippen molar-refractivity contribution in [3.63, 3.8) is 0 Å². The maximum atomic E-state index is 14.2. The molecule has 1 saturated heterocycles. The number of amides is 1. The van der Waals surface area contributed by atoms with Crippen molar-refractivity contribution in [2.24, 2.45) is 0 Å². The van der Waals surface area contributed by atoms with E-state index in [1.807, 2.05) is 54.7 Å². The maximum absolute atomic E-state index is 14.2. The summed E-state index contributed by atoms with van der Waals surface area (Å²) >= 11 is 12.9. The van der Waals surface area contributed by atoms with Crippen LogP contribution in [-0.2, 0) is 30.7 Å². The Kier molecular flexibility index (Phi) is 8.96. The van der Waals surface area contributed by atoms with E-state index in [9.17, 15) is 4.79 Å². The Morgan fingerprint density at radius 2 is 1.69 bits per heavy atom. The monoisotopic (exact) mass is 601 g/mol. The fourth-order valence-electron chi connectivity index (χ4n) is 6.45. The average molecular weight is 603 g/mol. The van der Waals surface area contributed by atoms with E-state index in [0.29, 0.717) is 19.6 Å². The molecule has 6 rings (SSSR count). The van der Waals surface area contributed by atoms with Crippen LogP contribution in [0.1, 0.15) is 46.0 Å². The van der Waals surface area contributed by atoms with Gasteiger partial charge in [0.25, 0.3) is 0 Å². The highest BCUT2D eigenvalue weighted by Crippen LogP contribution is 2.39. The van der Waals surface area contributed by atoms with Gasteiger partial charge in [-0.1, -0.05) is 65.7 Å². The van der Waals surface area contributed by atoms with Gasteiger partial charge in [0, 0.05) is 55.5 Å². The van der Waals surface area contributed by atoms with Gasteiger partial charge in [-0.15, -0.1) is 0 Å². The van der Waals surface area contributed by atoms with Gasteiger partial charge in [-0.05, 0) is 78.3 Å². The Bertz CT molecular complexity index is 1480. The van der Waals surface area contributed by atoms with Gasteiger partial charge in [0.1, 0.15) is 0 Å². The summed E-state index contributed by atoms with van der Waals surface area (Å²) in [6.45, 7) is 6.30. The zero-order valence-corrected chi connectivity index (χ0v) is 25.5. The lowest BCUT2D eigenvalue weighted by Crippen LogP contribution is -2.58. The molecule has 0 spiro atoms. The Balaban J connectivity index is 1.25. The number of hydrogen-bond acceptors (Lipinski definition) is 4. The number of nitrogens with zero attached hydrogens (tertiary/aromatic N) is 4. The molecule has 2 aliphatic rings. The van der Waals surface area contributed by atoms with Gasteiger partial charge in [0.05, 0.1) is 24.1 Å². The number of benzene rings is 3. The third kappa shape index (κ3) is 6.57. The minimum Gasteiger partial charge on any atom is -0.337 e. The Labute approximate surface area is 258 Å². The number of carbonyl (C=O) groups excluding carboxylic acids is 1. The van der Waals surface area contributed by atoms with Crippen LogP contribution < -0.4 is 5.32 Å². The first kappa shape index (κ1) is 28.9. The lowest BCUT2D eigenvalue weighted by Gasteiger charge is -2.41. The molecule has 1 atom stereocenters. The molecule has 1 amide bonds. The quantitative estimate of drug-likeness (QED) is 0.266. The Morgan fingerprint density at radius 1 is 1.00 bits per heavy atom. The second-order valence-corrected chi connectivity index (χ2v) is 12.3. The molecule has 6 nitrogen and oxygen atoms in total. The molecule has 3 aromatic carbocycles. The molecule has 8 heteroatoms. The molecule has 0 bridgehead atoms. The molecule has 1 fully saturated rings.